The van der Waals surface area contributed by atoms with Gasteiger partial charge in [0.2, 0.25) is 0 Å². The Morgan fingerprint density at radius 1 is 1.09 bits per heavy atom. The number of esters is 3. The van der Waals surface area contributed by atoms with Crippen molar-refractivity contribution in [3.8, 4) is 0 Å². The quantitative estimate of drug-likeness (QED) is 0.499. The summed E-state index contributed by atoms with van der Waals surface area (Å²) in [5.74, 6) is -2.01. The molecule has 2 unspecified atom stereocenters. The minimum Gasteiger partial charge on any atom is -0.462 e. The largest absolute Gasteiger partial charge is 0.462 e. The molecule has 0 spiro atoms. The maximum atomic E-state index is 13.1. The molecule has 33 heavy (non-hydrogen) atoms. The Labute approximate surface area is 196 Å². The van der Waals surface area contributed by atoms with Gasteiger partial charge in [-0.1, -0.05) is 26.7 Å². The smallest absolute Gasteiger partial charge is 0.311 e. The second-order valence-corrected chi connectivity index (χ2v) is 10.9. The predicted molar refractivity (Wildman–Crippen MR) is 119 cm³/mol. The van der Waals surface area contributed by atoms with Crippen LogP contribution >= 0.6 is 0 Å². The summed E-state index contributed by atoms with van der Waals surface area (Å²) < 4.78 is 17.6. The summed E-state index contributed by atoms with van der Waals surface area (Å²) in [5.41, 5.74) is -0.852. The Morgan fingerprint density at radius 3 is 2.33 bits per heavy atom. The molecule has 2 aliphatic carbocycles. The van der Waals surface area contributed by atoms with E-state index in [1.54, 1.807) is 0 Å². The van der Waals surface area contributed by atoms with Crippen molar-refractivity contribution in [2.45, 2.75) is 90.6 Å². The monoisotopic (exact) mass is 465 g/mol. The number of hydrogen-bond acceptors (Lipinski definition) is 8. The molecule has 9 atom stereocenters. The predicted octanol–water partition coefficient (Wildman–Crippen LogP) is 2.31. The first-order valence-corrected chi connectivity index (χ1v) is 12.6. The Balaban J connectivity index is 1.71. The second kappa shape index (κ2) is 9.53. The van der Waals surface area contributed by atoms with Crippen LogP contribution in [0.3, 0.4) is 0 Å². The first-order chi connectivity index (χ1) is 15.6. The van der Waals surface area contributed by atoms with E-state index in [9.17, 15) is 19.5 Å². The zero-order valence-electron chi connectivity index (χ0n) is 20.3. The van der Waals surface area contributed by atoms with Crippen molar-refractivity contribution in [3.63, 3.8) is 0 Å². The highest BCUT2D eigenvalue weighted by molar-refractivity contribution is 5.76. The molecular weight excluding hydrogens is 426 g/mol. The van der Waals surface area contributed by atoms with Gasteiger partial charge >= 0.3 is 17.9 Å². The zero-order valence-corrected chi connectivity index (χ0v) is 20.3. The van der Waals surface area contributed by atoms with Crippen molar-refractivity contribution in [2.24, 2.45) is 29.1 Å². The number of likely N-dealkylation sites (tertiary alicyclic amines) is 1. The molecule has 4 rings (SSSR count). The average molecular weight is 466 g/mol. The SMILES string of the molecule is CC(=O)O[C@@H]1[C@@H]2C(CN3CCCCCC3)C(=O)O[C@H]2C[C@H](C)C2[C@H](OC(C)=O)C[C@@H](O)[C@]21C. The lowest BCUT2D eigenvalue weighted by atomic mass is 9.66. The van der Waals surface area contributed by atoms with E-state index in [2.05, 4.69) is 11.8 Å². The van der Waals surface area contributed by atoms with Crippen LogP contribution in [0.4, 0.5) is 0 Å². The van der Waals surface area contributed by atoms with Crippen LogP contribution in [0.5, 0.6) is 0 Å². The third-order valence-corrected chi connectivity index (χ3v) is 8.70. The molecule has 2 saturated carbocycles. The molecule has 2 heterocycles. The van der Waals surface area contributed by atoms with Crippen LogP contribution in [0.15, 0.2) is 0 Å². The van der Waals surface area contributed by atoms with Crippen molar-refractivity contribution in [3.05, 3.63) is 0 Å². The fraction of sp³-hybridized carbons (Fsp3) is 0.880. The van der Waals surface area contributed by atoms with Gasteiger partial charge in [-0.25, -0.2) is 0 Å². The number of carbonyl (C=O) groups is 3. The van der Waals surface area contributed by atoms with Gasteiger partial charge in [-0.3, -0.25) is 14.4 Å². The Hall–Kier alpha value is -1.67. The summed E-state index contributed by atoms with van der Waals surface area (Å²) in [4.78, 5) is 39.6. The Morgan fingerprint density at radius 2 is 1.73 bits per heavy atom. The molecule has 0 bridgehead atoms. The lowest BCUT2D eigenvalue weighted by Gasteiger charge is -2.44. The molecule has 2 aliphatic heterocycles. The standard InChI is InChI=1S/C25H39NO7/c1-14-11-18-21(17(24(30)33-18)13-26-9-7-5-6-8-10-26)23(32-16(3)28)25(4)20(29)12-19(22(14)25)31-15(2)27/h14,17-23,29H,5-13H2,1-4H3/t14-,17?,18-,19+,20+,21+,22?,23+,25+/m0/s1. The van der Waals surface area contributed by atoms with E-state index in [1.807, 2.05) is 6.92 Å². The molecular formula is C25H39NO7. The van der Waals surface area contributed by atoms with E-state index in [0.717, 1.165) is 25.9 Å². The highest BCUT2D eigenvalue weighted by Crippen LogP contribution is 2.59. The average Bonchev–Trinajstić information content (AvgIpc) is 2.97. The molecule has 0 amide bonds. The molecule has 1 N–H and O–H groups in total. The number of nitrogens with zero attached hydrogens (tertiary/aromatic N) is 1. The summed E-state index contributed by atoms with van der Waals surface area (Å²) in [7, 11) is 0. The first kappa shape index (κ1) is 24.5. The molecule has 2 saturated heterocycles. The van der Waals surface area contributed by atoms with Gasteiger partial charge in [0.1, 0.15) is 18.3 Å². The van der Waals surface area contributed by atoms with Crippen molar-refractivity contribution in [2.75, 3.05) is 19.6 Å². The highest BCUT2D eigenvalue weighted by Gasteiger charge is 2.67. The third kappa shape index (κ3) is 4.53. The lowest BCUT2D eigenvalue weighted by Crippen LogP contribution is -2.53. The van der Waals surface area contributed by atoms with Gasteiger partial charge in [-0.15, -0.1) is 0 Å². The van der Waals surface area contributed by atoms with Crippen LogP contribution in [0.1, 0.15) is 66.2 Å². The molecule has 186 valence electrons. The van der Waals surface area contributed by atoms with Gasteiger partial charge in [0.05, 0.1) is 12.0 Å². The summed E-state index contributed by atoms with van der Waals surface area (Å²) in [5, 5.41) is 11.3. The van der Waals surface area contributed by atoms with Gasteiger partial charge < -0.3 is 24.2 Å². The van der Waals surface area contributed by atoms with Crippen LogP contribution < -0.4 is 0 Å². The topological polar surface area (TPSA) is 102 Å². The number of hydrogen-bond donors (Lipinski definition) is 1. The molecule has 0 aromatic heterocycles. The fourth-order valence-corrected chi connectivity index (χ4v) is 7.38. The van der Waals surface area contributed by atoms with Crippen LogP contribution in [-0.4, -0.2) is 72.0 Å². The number of ether oxygens (including phenoxy) is 3. The molecule has 0 radical (unpaired) electrons. The highest BCUT2D eigenvalue weighted by atomic mass is 16.6. The first-order valence-electron chi connectivity index (χ1n) is 12.6. The van der Waals surface area contributed by atoms with Crippen molar-refractivity contribution in [1.29, 1.82) is 0 Å². The molecule has 0 aromatic carbocycles. The number of fused-ring (bicyclic) bond motifs is 2. The van der Waals surface area contributed by atoms with Crippen molar-refractivity contribution >= 4 is 17.9 Å². The van der Waals surface area contributed by atoms with Crippen LogP contribution in [0.25, 0.3) is 0 Å². The molecule has 8 nitrogen and oxygen atoms in total. The molecule has 4 fully saturated rings. The van der Waals surface area contributed by atoms with Crippen LogP contribution in [0.2, 0.25) is 0 Å². The fourth-order valence-electron chi connectivity index (χ4n) is 7.38. The summed E-state index contributed by atoms with van der Waals surface area (Å²) in [6, 6.07) is 0. The second-order valence-electron chi connectivity index (χ2n) is 10.9. The van der Waals surface area contributed by atoms with Gasteiger partial charge in [-0.05, 0) is 38.3 Å². The Kier molecular flexibility index (Phi) is 7.06. The van der Waals surface area contributed by atoms with E-state index < -0.39 is 35.6 Å². The maximum Gasteiger partial charge on any atom is 0.311 e. The summed E-state index contributed by atoms with van der Waals surface area (Å²) in [6.45, 7) is 9.22. The summed E-state index contributed by atoms with van der Waals surface area (Å²) in [6.07, 6.45) is 3.15. The molecule has 4 aliphatic rings. The van der Waals surface area contributed by atoms with Crippen LogP contribution in [0, 0.1) is 29.1 Å². The van der Waals surface area contributed by atoms with Crippen LogP contribution in [-0.2, 0) is 28.6 Å². The van der Waals surface area contributed by atoms with Crippen molar-refractivity contribution < 1.29 is 33.7 Å². The van der Waals surface area contributed by atoms with Gasteiger partial charge in [0.25, 0.3) is 0 Å². The van der Waals surface area contributed by atoms with E-state index in [-0.39, 0.29) is 35.8 Å². The summed E-state index contributed by atoms with van der Waals surface area (Å²) >= 11 is 0. The lowest BCUT2D eigenvalue weighted by molar-refractivity contribution is -0.174. The van der Waals surface area contributed by atoms with Crippen molar-refractivity contribution in [1.82, 2.24) is 4.90 Å². The van der Waals surface area contributed by atoms with Gasteiger partial charge in [0, 0.05) is 44.1 Å². The third-order valence-electron chi connectivity index (χ3n) is 8.70. The number of aliphatic hydroxyl groups is 1. The van der Waals surface area contributed by atoms with E-state index in [1.165, 1.54) is 26.7 Å². The van der Waals surface area contributed by atoms with E-state index >= 15 is 0 Å². The van der Waals surface area contributed by atoms with E-state index in [4.69, 9.17) is 14.2 Å². The zero-order chi connectivity index (χ0) is 23.9. The number of rotatable bonds is 4. The maximum absolute atomic E-state index is 13.1. The Bertz CT molecular complexity index is 764. The molecule has 0 aromatic rings. The molecule has 8 heteroatoms. The minimum absolute atomic E-state index is 0.00861. The normalized spacial score (nSPS) is 43.6. The minimum atomic E-state index is -0.852. The van der Waals surface area contributed by atoms with Gasteiger partial charge in [0.15, 0.2) is 0 Å². The number of aliphatic hydroxyl groups excluding tert-OH is 1. The van der Waals surface area contributed by atoms with E-state index in [0.29, 0.717) is 19.4 Å². The number of carbonyl (C=O) groups excluding carboxylic acids is 3. The van der Waals surface area contributed by atoms with Gasteiger partial charge in [-0.2, -0.15) is 0 Å².